The molecule has 0 unspecified atom stereocenters. The van der Waals surface area contributed by atoms with Crippen molar-refractivity contribution < 1.29 is 8.42 Å². The van der Waals surface area contributed by atoms with E-state index in [1.165, 1.54) is 12.4 Å². The third-order valence-electron chi connectivity index (χ3n) is 1.88. The van der Waals surface area contributed by atoms with Gasteiger partial charge in [0.25, 0.3) is 10.0 Å². The molecule has 5 nitrogen and oxygen atoms in total. The van der Waals surface area contributed by atoms with Crippen LogP contribution in [0.4, 0.5) is 5.69 Å². The number of rotatable bonds is 3. The van der Waals surface area contributed by atoms with Gasteiger partial charge in [-0.05, 0) is 24.3 Å². The molecule has 0 bridgehead atoms. The summed E-state index contributed by atoms with van der Waals surface area (Å²) >= 11 is 3.27. The Morgan fingerprint density at radius 1 is 1.25 bits per heavy atom. The molecule has 1 aromatic heterocycles. The fourth-order valence-corrected chi connectivity index (χ4v) is 2.35. The first-order valence-corrected chi connectivity index (χ1v) is 6.63. The zero-order valence-electron chi connectivity index (χ0n) is 8.01. The van der Waals surface area contributed by atoms with Crippen LogP contribution in [0, 0.1) is 0 Å². The number of hydrogen-bond donors (Lipinski definition) is 2. The van der Waals surface area contributed by atoms with Crippen molar-refractivity contribution in [2.45, 2.75) is 4.90 Å². The number of anilines is 1. The van der Waals surface area contributed by atoms with E-state index in [2.05, 4.69) is 30.8 Å². The Morgan fingerprint density at radius 2 is 1.94 bits per heavy atom. The highest BCUT2D eigenvalue weighted by atomic mass is 79.9. The van der Waals surface area contributed by atoms with Crippen molar-refractivity contribution >= 4 is 31.6 Å². The fourth-order valence-electron chi connectivity index (χ4n) is 1.12. The van der Waals surface area contributed by atoms with Gasteiger partial charge in [-0.1, -0.05) is 15.9 Å². The molecular formula is C9H8BrN3O2S. The standard InChI is InChI=1S/C9H8BrN3O2S/c10-7-1-3-8(4-2-7)13-16(14,15)9-5-11-12-6-9/h1-6,13H,(H,11,12). The summed E-state index contributed by atoms with van der Waals surface area (Å²) in [6.45, 7) is 0. The molecule has 0 aliphatic heterocycles. The van der Waals surface area contributed by atoms with Gasteiger partial charge < -0.3 is 0 Å². The van der Waals surface area contributed by atoms with Crippen LogP contribution in [0.5, 0.6) is 0 Å². The second-order valence-corrected chi connectivity index (χ2v) is 5.64. The summed E-state index contributed by atoms with van der Waals surface area (Å²) in [6.07, 6.45) is 2.57. The first-order valence-electron chi connectivity index (χ1n) is 4.35. The van der Waals surface area contributed by atoms with Crippen LogP contribution in [0.25, 0.3) is 0 Å². The molecule has 0 atom stereocenters. The van der Waals surface area contributed by atoms with E-state index in [4.69, 9.17) is 0 Å². The lowest BCUT2D eigenvalue weighted by atomic mass is 10.3. The number of benzene rings is 1. The first kappa shape index (κ1) is 11.2. The van der Waals surface area contributed by atoms with Crippen molar-refractivity contribution in [1.82, 2.24) is 10.2 Å². The summed E-state index contributed by atoms with van der Waals surface area (Å²) in [4.78, 5) is 0.107. The summed E-state index contributed by atoms with van der Waals surface area (Å²) in [6, 6.07) is 6.85. The number of halogens is 1. The Kier molecular flexibility index (Phi) is 2.97. The fraction of sp³-hybridized carbons (Fsp3) is 0. The molecule has 1 heterocycles. The molecule has 0 fully saturated rings. The molecule has 16 heavy (non-hydrogen) atoms. The molecule has 7 heteroatoms. The molecule has 2 N–H and O–H groups in total. The van der Waals surface area contributed by atoms with E-state index in [-0.39, 0.29) is 4.90 Å². The van der Waals surface area contributed by atoms with Crippen LogP contribution < -0.4 is 4.72 Å². The van der Waals surface area contributed by atoms with Gasteiger partial charge in [-0.25, -0.2) is 8.42 Å². The third-order valence-corrected chi connectivity index (χ3v) is 3.76. The van der Waals surface area contributed by atoms with Crippen molar-refractivity contribution in [3.8, 4) is 0 Å². The quantitative estimate of drug-likeness (QED) is 0.910. The third kappa shape index (κ3) is 2.42. The summed E-state index contributed by atoms with van der Waals surface area (Å²) in [7, 11) is -3.54. The molecule has 0 radical (unpaired) electrons. The SMILES string of the molecule is O=S(=O)(Nc1ccc(Br)cc1)c1cn[nH]c1. The van der Waals surface area contributed by atoms with Crippen LogP contribution in [0.3, 0.4) is 0 Å². The van der Waals surface area contributed by atoms with Crippen LogP contribution >= 0.6 is 15.9 Å². The smallest absolute Gasteiger partial charge is 0.265 e. The lowest BCUT2D eigenvalue weighted by Gasteiger charge is -2.05. The monoisotopic (exact) mass is 301 g/mol. The maximum Gasteiger partial charge on any atom is 0.265 e. The molecule has 0 saturated heterocycles. The van der Waals surface area contributed by atoms with Crippen LogP contribution in [0.1, 0.15) is 0 Å². The minimum absolute atomic E-state index is 0.107. The Balaban J connectivity index is 2.25. The first-order chi connectivity index (χ1) is 7.58. The molecule has 0 saturated carbocycles. The Hall–Kier alpha value is -1.34. The van der Waals surface area contributed by atoms with Gasteiger partial charge in [-0.15, -0.1) is 0 Å². The number of aromatic nitrogens is 2. The Labute approximate surface area is 101 Å². The molecular weight excluding hydrogens is 294 g/mol. The van der Waals surface area contributed by atoms with Crippen molar-refractivity contribution in [2.24, 2.45) is 0 Å². The number of nitrogens with zero attached hydrogens (tertiary/aromatic N) is 1. The van der Waals surface area contributed by atoms with Gasteiger partial charge in [0.1, 0.15) is 4.90 Å². The average Bonchev–Trinajstić information content (AvgIpc) is 2.75. The van der Waals surface area contributed by atoms with Gasteiger partial charge in [0.15, 0.2) is 0 Å². The highest BCUT2D eigenvalue weighted by Crippen LogP contribution is 2.17. The van der Waals surface area contributed by atoms with Gasteiger partial charge in [-0.3, -0.25) is 9.82 Å². The number of H-pyrrole nitrogens is 1. The maximum atomic E-state index is 11.8. The highest BCUT2D eigenvalue weighted by Gasteiger charge is 2.14. The van der Waals surface area contributed by atoms with E-state index < -0.39 is 10.0 Å². The number of aromatic amines is 1. The van der Waals surface area contributed by atoms with Crippen LogP contribution in [0.2, 0.25) is 0 Å². The molecule has 0 spiro atoms. The predicted molar refractivity (Wildman–Crippen MR) is 63.5 cm³/mol. The van der Waals surface area contributed by atoms with Gasteiger partial charge in [0, 0.05) is 16.4 Å². The van der Waals surface area contributed by atoms with E-state index in [0.29, 0.717) is 5.69 Å². The van der Waals surface area contributed by atoms with Gasteiger partial charge in [0.05, 0.1) is 6.20 Å². The summed E-state index contributed by atoms with van der Waals surface area (Å²) in [5.74, 6) is 0. The van der Waals surface area contributed by atoms with E-state index in [1.807, 2.05) is 0 Å². The average molecular weight is 302 g/mol. The largest absolute Gasteiger partial charge is 0.284 e. The minimum atomic E-state index is -3.54. The van der Waals surface area contributed by atoms with Gasteiger partial charge in [-0.2, -0.15) is 5.10 Å². The number of hydrogen-bond acceptors (Lipinski definition) is 3. The normalized spacial score (nSPS) is 11.3. The summed E-state index contributed by atoms with van der Waals surface area (Å²) in [5, 5.41) is 6.05. The van der Waals surface area contributed by atoms with Crippen molar-refractivity contribution in [2.75, 3.05) is 4.72 Å². The van der Waals surface area contributed by atoms with E-state index in [9.17, 15) is 8.42 Å². The van der Waals surface area contributed by atoms with E-state index in [0.717, 1.165) is 4.47 Å². The van der Waals surface area contributed by atoms with Crippen LogP contribution in [-0.2, 0) is 10.0 Å². The molecule has 1 aromatic carbocycles. The molecule has 0 amide bonds. The molecule has 84 valence electrons. The lowest BCUT2D eigenvalue weighted by molar-refractivity contribution is 0.601. The predicted octanol–water partition coefficient (Wildman–Crippen LogP) is 1.97. The van der Waals surface area contributed by atoms with Gasteiger partial charge >= 0.3 is 0 Å². The second kappa shape index (κ2) is 4.26. The van der Waals surface area contributed by atoms with Crippen molar-refractivity contribution in [3.63, 3.8) is 0 Å². The molecule has 0 aliphatic carbocycles. The molecule has 2 aromatic rings. The summed E-state index contributed by atoms with van der Waals surface area (Å²) < 4.78 is 26.9. The molecule has 0 aliphatic rings. The van der Waals surface area contributed by atoms with E-state index >= 15 is 0 Å². The number of nitrogens with one attached hydrogen (secondary N) is 2. The summed E-state index contributed by atoms with van der Waals surface area (Å²) in [5.41, 5.74) is 0.504. The lowest BCUT2D eigenvalue weighted by Crippen LogP contribution is -2.11. The Morgan fingerprint density at radius 3 is 2.50 bits per heavy atom. The van der Waals surface area contributed by atoms with Crippen molar-refractivity contribution in [1.29, 1.82) is 0 Å². The highest BCUT2D eigenvalue weighted by molar-refractivity contribution is 9.10. The topological polar surface area (TPSA) is 74.8 Å². The maximum absolute atomic E-state index is 11.8. The second-order valence-electron chi connectivity index (χ2n) is 3.05. The molecule has 2 rings (SSSR count). The number of sulfonamides is 1. The van der Waals surface area contributed by atoms with Crippen LogP contribution in [-0.4, -0.2) is 18.6 Å². The van der Waals surface area contributed by atoms with Crippen molar-refractivity contribution in [3.05, 3.63) is 41.1 Å². The van der Waals surface area contributed by atoms with Crippen LogP contribution in [0.15, 0.2) is 46.0 Å². The minimum Gasteiger partial charge on any atom is -0.284 e. The zero-order chi connectivity index (χ0) is 11.6. The Bertz CT molecular complexity index is 563. The zero-order valence-corrected chi connectivity index (χ0v) is 10.4. The van der Waals surface area contributed by atoms with Gasteiger partial charge in [0.2, 0.25) is 0 Å². The van der Waals surface area contributed by atoms with E-state index in [1.54, 1.807) is 24.3 Å².